The molecule has 0 atom stereocenters. The second-order valence-electron chi connectivity index (χ2n) is 2.08. The molecule has 1 radical (unpaired) electrons. The van der Waals surface area contributed by atoms with Crippen molar-refractivity contribution in [1.29, 1.82) is 0 Å². The highest BCUT2D eigenvalue weighted by atomic mass is 19.4. The minimum atomic E-state index is -6.62. The Labute approximate surface area is 71.6 Å². The summed E-state index contributed by atoms with van der Waals surface area (Å²) in [5.74, 6) is -16.2. The van der Waals surface area contributed by atoms with Crippen LogP contribution < -0.4 is 0 Å². The van der Waals surface area contributed by atoms with Gasteiger partial charge in [-0.3, -0.25) is 5.11 Å². The van der Waals surface area contributed by atoms with E-state index in [0.717, 1.165) is 0 Å². The molecule has 0 spiro atoms. The van der Waals surface area contributed by atoms with Gasteiger partial charge in [0.25, 0.3) is 0 Å². The summed E-state index contributed by atoms with van der Waals surface area (Å²) in [5, 5.41) is 9.77. The van der Waals surface area contributed by atoms with E-state index >= 15 is 0 Å². The van der Waals surface area contributed by atoms with Gasteiger partial charge in [-0.05, 0) is 0 Å². The fourth-order valence-corrected chi connectivity index (χ4v) is 0.385. The predicted molar refractivity (Wildman–Crippen MR) is 25.8 cm³/mol. The largest absolute Gasteiger partial charge is 0.460 e. The molecule has 0 fully saturated rings. The van der Waals surface area contributed by atoms with E-state index in [9.17, 15) is 40.6 Å². The molecule has 0 saturated heterocycles. The summed E-state index contributed by atoms with van der Waals surface area (Å²) in [6, 6.07) is 0. The molecule has 0 rings (SSSR count). The second kappa shape index (κ2) is 3.16. The molecule has 0 aliphatic heterocycles. The first-order chi connectivity index (χ1) is 5.98. The van der Waals surface area contributed by atoms with Gasteiger partial charge >= 0.3 is 23.8 Å². The van der Waals surface area contributed by atoms with E-state index in [2.05, 4.69) is 0 Å². The first kappa shape index (κ1) is 12.8. The molecule has 0 aliphatic rings. The zero-order chi connectivity index (χ0) is 11.8. The van der Waals surface area contributed by atoms with Gasteiger partial charge in [-0.1, -0.05) is 0 Å². The van der Waals surface area contributed by atoms with Gasteiger partial charge in [-0.2, -0.15) is 30.7 Å². The number of allylic oxidation sites excluding steroid dienone is 1. The Balaban J connectivity index is 5.40. The van der Waals surface area contributed by atoms with Crippen LogP contribution in [0.2, 0.25) is 0 Å². The predicted octanol–water partition coefficient (Wildman–Crippen LogP) is 1.97. The minimum absolute atomic E-state index is 0.235. The van der Waals surface area contributed by atoms with Crippen molar-refractivity contribution in [2.45, 2.75) is 18.0 Å². The molecule has 0 unspecified atom stereocenters. The van der Waals surface area contributed by atoms with E-state index in [1.807, 2.05) is 0 Å². The number of alkyl halides is 7. The summed E-state index contributed by atoms with van der Waals surface area (Å²) in [5.41, 5.74) is 0. The minimum Gasteiger partial charge on any atom is -0.275 e. The Morgan fingerprint density at radius 1 is 0.929 bits per heavy atom. The molecule has 2 nitrogen and oxygen atoms in total. The molecular weight excluding hydrogens is 225 g/mol. The molecule has 0 aliphatic carbocycles. The third kappa shape index (κ3) is 1.67. The van der Waals surface area contributed by atoms with Crippen LogP contribution in [-0.4, -0.2) is 24.0 Å². The molecule has 9 heteroatoms. The maximum atomic E-state index is 12.0. The summed E-state index contributed by atoms with van der Waals surface area (Å²) in [6.07, 6.45) is -6.62. The first-order valence-electron chi connectivity index (χ1n) is 2.73. The highest BCUT2D eigenvalue weighted by molar-refractivity contribution is 5.52. The van der Waals surface area contributed by atoms with E-state index in [-0.39, 0.29) is 5.94 Å². The quantitative estimate of drug-likeness (QED) is 0.402. The lowest BCUT2D eigenvalue weighted by Crippen LogP contribution is -2.52. The lowest BCUT2D eigenvalue weighted by molar-refractivity contribution is -0.350. The highest BCUT2D eigenvalue weighted by Crippen LogP contribution is 2.48. The molecule has 0 N–H and O–H groups in total. The van der Waals surface area contributed by atoms with Crippen molar-refractivity contribution >= 4 is 5.94 Å². The van der Waals surface area contributed by atoms with Gasteiger partial charge in [0, 0.05) is 0 Å². The standard InChI is InChI=1S/C5F7O2/c6-3(7,2(14)1-13)4(8,9)5(10,11)12. The molecule has 0 saturated carbocycles. The third-order valence-electron chi connectivity index (χ3n) is 1.13. The average Bonchev–Trinajstić information content (AvgIpc) is 2.00. The number of halogens is 7. The van der Waals surface area contributed by atoms with Gasteiger partial charge < -0.3 is 0 Å². The number of hydrogen-bond acceptors (Lipinski definition) is 1. The Morgan fingerprint density at radius 2 is 1.29 bits per heavy atom. The lowest BCUT2D eigenvalue weighted by atomic mass is 10.1. The van der Waals surface area contributed by atoms with E-state index in [4.69, 9.17) is 0 Å². The molecule has 0 bridgehead atoms. The summed E-state index contributed by atoms with van der Waals surface area (Å²) >= 11 is 0. The van der Waals surface area contributed by atoms with E-state index in [0.29, 0.717) is 0 Å². The van der Waals surface area contributed by atoms with E-state index in [1.54, 1.807) is 0 Å². The molecule has 81 valence electrons. The Kier molecular flexibility index (Phi) is 2.88. The van der Waals surface area contributed by atoms with Gasteiger partial charge in [0.1, 0.15) is 0 Å². The molecule has 14 heavy (non-hydrogen) atoms. The number of carbonyl (C=O) groups excluding carboxylic acids is 1. The Morgan fingerprint density at radius 3 is 1.50 bits per heavy atom. The zero-order valence-corrected chi connectivity index (χ0v) is 5.96. The molecule has 0 aromatic rings. The van der Waals surface area contributed by atoms with Crippen LogP contribution in [0, 0.1) is 0 Å². The number of rotatable bonds is 2. The topological polar surface area (TPSA) is 37.0 Å². The lowest BCUT2D eigenvalue weighted by Gasteiger charge is -2.25. The van der Waals surface area contributed by atoms with Crippen LogP contribution in [0.15, 0.2) is 5.76 Å². The van der Waals surface area contributed by atoms with Crippen molar-refractivity contribution < 1.29 is 40.6 Å². The molecular formula is C5F7O2. The molecule has 0 heterocycles. The molecule has 0 aromatic carbocycles. The zero-order valence-electron chi connectivity index (χ0n) is 5.96. The highest BCUT2D eigenvalue weighted by Gasteiger charge is 2.76. The summed E-state index contributed by atoms with van der Waals surface area (Å²) in [6.45, 7) is 0. The second-order valence-corrected chi connectivity index (χ2v) is 2.08. The van der Waals surface area contributed by atoms with Crippen molar-refractivity contribution in [3.05, 3.63) is 5.76 Å². The van der Waals surface area contributed by atoms with E-state index in [1.165, 1.54) is 0 Å². The molecule has 0 amide bonds. The van der Waals surface area contributed by atoms with Gasteiger partial charge in [-0.25, -0.2) is 4.79 Å². The van der Waals surface area contributed by atoms with Gasteiger partial charge in [0.15, 0.2) is 5.94 Å². The molecule has 0 aromatic heterocycles. The van der Waals surface area contributed by atoms with Crippen LogP contribution in [-0.2, 0) is 9.90 Å². The maximum absolute atomic E-state index is 12.0. The van der Waals surface area contributed by atoms with Crippen molar-refractivity contribution in [1.82, 2.24) is 0 Å². The van der Waals surface area contributed by atoms with Crippen molar-refractivity contribution in [3.8, 4) is 0 Å². The fourth-order valence-electron chi connectivity index (χ4n) is 0.385. The Bertz CT molecular complexity index is 272. The van der Waals surface area contributed by atoms with Crippen molar-refractivity contribution in [2.24, 2.45) is 0 Å². The van der Waals surface area contributed by atoms with Crippen LogP contribution in [0.1, 0.15) is 0 Å². The maximum Gasteiger partial charge on any atom is 0.460 e. The van der Waals surface area contributed by atoms with Crippen LogP contribution in [0.25, 0.3) is 0 Å². The summed E-state index contributed by atoms with van der Waals surface area (Å²) < 4.78 is 81.7. The van der Waals surface area contributed by atoms with Crippen molar-refractivity contribution in [3.63, 3.8) is 0 Å². The smallest absolute Gasteiger partial charge is 0.275 e. The number of hydrogen-bond donors (Lipinski definition) is 0. The van der Waals surface area contributed by atoms with Gasteiger partial charge in [-0.15, -0.1) is 0 Å². The van der Waals surface area contributed by atoms with Crippen molar-refractivity contribution in [2.75, 3.05) is 0 Å². The summed E-state index contributed by atoms with van der Waals surface area (Å²) in [7, 11) is 0. The SMILES string of the molecule is [O]C(=C=O)C(F)(F)C(F)(F)C(F)(F)F. The van der Waals surface area contributed by atoms with Gasteiger partial charge in [0.2, 0.25) is 0 Å². The summed E-state index contributed by atoms with van der Waals surface area (Å²) in [4.78, 5) is 9.27. The van der Waals surface area contributed by atoms with Crippen LogP contribution in [0.3, 0.4) is 0 Å². The first-order valence-corrected chi connectivity index (χ1v) is 2.73. The third-order valence-corrected chi connectivity index (χ3v) is 1.13. The normalized spacial score (nSPS) is 13.6. The van der Waals surface area contributed by atoms with Gasteiger partial charge in [0.05, 0.1) is 0 Å². The monoisotopic (exact) mass is 225 g/mol. The Hall–Kier alpha value is -1.24. The van der Waals surface area contributed by atoms with E-state index < -0.39 is 23.8 Å². The average molecular weight is 225 g/mol. The van der Waals surface area contributed by atoms with Crippen LogP contribution in [0.4, 0.5) is 30.7 Å². The van der Waals surface area contributed by atoms with Crippen LogP contribution in [0.5, 0.6) is 0 Å². The van der Waals surface area contributed by atoms with Crippen LogP contribution >= 0.6 is 0 Å². The fraction of sp³-hybridized carbons (Fsp3) is 0.600.